The van der Waals surface area contributed by atoms with E-state index in [4.69, 9.17) is 4.74 Å². The number of aryl methyl sites for hydroxylation is 2. The van der Waals surface area contributed by atoms with Crippen molar-refractivity contribution in [1.82, 2.24) is 9.78 Å². The number of aromatic nitrogens is 2. The molecule has 0 aliphatic heterocycles. The zero-order valence-corrected chi connectivity index (χ0v) is 12.3. The largest absolute Gasteiger partial charge is 0.493 e. The highest BCUT2D eigenvalue weighted by Crippen LogP contribution is 2.29. The van der Waals surface area contributed by atoms with Crippen LogP contribution in [0.4, 0.5) is 14.6 Å². The number of rotatable bonds is 5. The lowest BCUT2D eigenvalue weighted by molar-refractivity contribution is -0.0512. The first-order chi connectivity index (χ1) is 10.4. The number of carbonyl (C=O) groups excluding carboxylic acids is 1. The van der Waals surface area contributed by atoms with E-state index in [2.05, 4.69) is 15.2 Å². The molecule has 0 saturated carbocycles. The number of amides is 1. The lowest BCUT2D eigenvalue weighted by Crippen LogP contribution is -2.15. The highest BCUT2D eigenvalue weighted by atomic mass is 19.3. The molecule has 1 aromatic carbocycles. The average molecular weight is 311 g/mol. The molecule has 0 radical (unpaired) electrons. The number of carbonyl (C=O) groups is 1. The van der Waals surface area contributed by atoms with E-state index in [9.17, 15) is 13.6 Å². The van der Waals surface area contributed by atoms with Crippen molar-refractivity contribution in [2.75, 3.05) is 12.4 Å². The molecule has 8 heteroatoms. The predicted octanol–water partition coefficient (Wildman–Crippen LogP) is 2.59. The number of methoxy groups -OCH3 is 1. The number of hydrogen-bond acceptors (Lipinski definition) is 4. The molecule has 1 aromatic heterocycles. The summed E-state index contributed by atoms with van der Waals surface area (Å²) in [5.41, 5.74) is 1.01. The Hall–Kier alpha value is -2.64. The van der Waals surface area contributed by atoms with Crippen LogP contribution in [0.15, 0.2) is 24.3 Å². The Morgan fingerprint density at radius 3 is 2.59 bits per heavy atom. The molecule has 0 atom stereocenters. The molecule has 0 bridgehead atoms. The van der Waals surface area contributed by atoms with E-state index in [0.29, 0.717) is 5.82 Å². The van der Waals surface area contributed by atoms with E-state index in [1.54, 1.807) is 20.0 Å². The van der Waals surface area contributed by atoms with Gasteiger partial charge in [0.05, 0.1) is 12.8 Å². The van der Waals surface area contributed by atoms with E-state index in [-0.39, 0.29) is 17.1 Å². The number of halogens is 2. The second-order valence-electron chi connectivity index (χ2n) is 4.49. The summed E-state index contributed by atoms with van der Waals surface area (Å²) < 4.78 is 35.3. The lowest BCUT2D eigenvalue weighted by Gasteiger charge is -2.11. The summed E-state index contributed by atoms with van der Waals surface area (Å²) in [6.07, 6.45) is 0. The molecule has 0 unspecified atom stereocenters. The third kappa shape index (κ3) is 3.51. The minimum Gasteiger partial charge on any atom is -0.493 e. The number of benzene rings is 1. The van der Waals surface area contributed by atoms with Crippen molar-refractivity contribution in [2.24, 2.45) is 7.05 Å². The van der Waals surface area contributed by atoms with Crippen LogP contribution in [-0.4, -0.2) is 29.4 Å². The SMILES string of the molecule is COc1cc(C(=O)Nc2cc(C)nn2C)ccc1OC(F)F. The maximum atomic E-state index is 12.3. The van der Waals surface area contributed by atoms with Crippen molar-refractivity contribution in [3.63, 3.8) is 0 Å². The number of alkyl halides is 2. The predicted molar refractivity (Wildman–Crippen MR) is 75.5 cm³/mol. The minimum absolute atomic E-state index is 0.0501. The maximum Gasteiger partial charge on any atom is 0.387 e. The normalized spacial score (nSPS) is 10.6. The van der Waals surface area contributed by atoms with Gasteiger partial charge in [0, 0.05) is 18.7 Å². The van der Waals surface area contributed by atoms with Gasteiger partial charge in [-0.3, -0.25) is 9.48 Å². The molecule has 0 aliphatic rings. The van der Waals surface area contributed by atoms with Crippen LogP contribution in [-0.2, 0) is 7.05 Å². The quantitative estimate of drug-likeness (QED) is 0.922. The first kappa shape index (κ1) is 15.7. The first-order valence-corrected chi connectivity index (χ1v) is 6.35. The van der Waals surface area contributed by atoms with Gasteiger partial charge >= 0.3 is 6.61 Å². The molecule has 22 heavy (non-hydrogen) atoms. The Morgan fingerprint density at radius 2 is 2.05 bits per heavy atom. The standard InChI is InChI=1S/C14H15F2N3O3/c1-8-6-12(19(2)18-8)17-13(20)9-4-5-10(22-14(15)16)11(7-9)21-3/h4-7,14H,1-3H3,(H,17,20). The van der Waals surface area contributed by atoms with Crippen LogP contribution in [0.2, 0.25) is 0 Å². The third-order valence-corrected chi connectivity index (χ3v) is 2.89. The molecule has 0 saturated heterocycles. The van der Waals surface area contributed by atoms with Gasteiger partial charge in [0.15, 0.2) is 11.5 Å². The molecule has 0 spiro atoms. The summed E-state index contributed by atoms with van der Waals surface area (Å²) in [7, 11) is 3.00. The molecule has 1 amide bonds. The van der Waals surface area contributed by atoms with Crippen LogP contribution in [0, 0.1) is 6.92 Å². The van der Waals surface area contributed by atoms with Crippen LogP contribution < -0.4 is 14.8 Å². The molecule has 118 valence electrons. The van der Waals surface area contributed by atoms with E-state index in [1.807, 2.05) is 0 Å². The second-order valence-corrected chi connectivity index (χ2v) is 4.49. The van der Waals surface area contributed by atoms with Gasteiger partial charge in [-0.25, -0.2) is 0 Å². The summed E-state index contributed by atoms with van der Waals surface area (Å²) in [6.45, 7) is -1.17. The highest BCUT2D eigenvalue weighted by molar-refractivity contribution is 6.04. The topological polar surface area (TPSA) is 65.4 Å². The maximum absolute atomic E-state index is 12.3. The first-order valence-electron chi connectivity index (χ1n) is 6.35. The van der Waals surface area contributed by atoms with Crippen molar-refractivity contribution in [3.8, 4) is 11.5 Å². The van der Waals surface area contributed by atoms with Crippen LogP contribution in [0.25, 0.3) is 0 Å². The number of ether oxygens (including phenoxy) is 2. The van der Waals surface area contributed by atoms with Gasteiger partial charge in [-0.05, 0) is 25.1 Å². The van der Waals surface area contributed by atoms with Crippen molar-refractivity contribution < 1.29 is 23.0 Å². The van der Waals surface area contributed by atoms with Crippen molar-refractivity contribution in [2.45, 2.75) is 13.5 Å². The van der Waals surface area contributed by atoms with Crippen molar-refractivity contribution >= 4 is 11.7 Å². The van der Waals surface area contributed by atoms with Gasteiger partial charge < -0.3 is 14.8 Å². The van der Waals surface area contributed by atoms with E-state index in [1.165, 1.54) is 30.0 Å². The average Bonchev–Trinajstić information content (AvgIpc) is 2.76. The summed E-state index contributed by atoms with van der Waals surface area (Å²) in [6, 6.07) is 5.67. The Balaban J connectivity index is 2.21. The highest BCUT2D eigenvalue weighted by Gasteiger charge is 2.15. The van der Waals surface area contributed by atoms with Crippen LogP contribution in [0.3, 0.4) is 0 Å². The Kier molecular flexibility index (Phi) is 4.59. The van der Waals surface area contributed by atoms with E-state index >= 15 is 0 Å². The fourth-order valence-corrected chi connectivity index (χ4v) is 1.92. The Bertz CT molecular complexity index is 686. The van der Waals surface area contributed by atoms with E-state index < -0.39 is 12.5 Å². The van der Waals surface area contributed by atoms with Crippen LogP contribution in [0.1, 0.15) is 16.1 Å². The third-order valence-electron chi connectivity index (χ3n) is 2.89. The van der Waals surface area contributed by atoms with Gasteiger partial charge in [-0.2, -0.15) is 13.9 Å². The van der Waals surface area contributed by atoms with Crippen molar-refractivity contribution in [3.05, 3.63) is 35.5 Å². The molecular weight excluding hydrogens is 296 g/mol. The summed E-state index contributed by atoms with van der Waals surface area (Å²) in [5, 5.41) is 6.79. The lowest BCUT2D eigenvalue weighted by atomic mass is 10.2. The Morgan fingerprint density at radius 1 is 1.32 bits per heavy atom. The van der Waals surface area contributed by atoms with Gasteiger partial charge in [-0.1, -0.05) is 0 Å². The fraction of sp³-hybridized carbons (Fsp3) is 0.286. The molecular formula is C14H15F2N3O3. The van der Waals surface area contributed by atoms with Crippen molar-refractivity contribution in [1.29, 1.82) is 0 Å². The molecule has 6 nitrogen and oxygen atoms in total. The van der Waals surface area contributed by atoms with Gasteiger partial charge in [-0.15, -0.1) is 0 Å². The smallest absolute Gasteiger partial charge is 0.387 e. The second kappa shape index (κ2) is 6.42. The molecule has 0 aliphatic carbocycles. The van der Waals surface area contributed by atoms with Crippen LogP contribution in [0.5, 0.6) is 11.5 Å². The molecule has 0 fully saturated rings. The zero-order chi connectivity index (χ0) is 16.3. The summed E-state index contributed by atoms with van der Waals surface area (Å²) >= 11 is 0. The number of nitrogens with one attached hydrogen (secondary N) is 1. The number of hydrogen-bond donors (Lipinski definition) is 1. The fourth-order valence-electron chi connectivity index (χ4n) is 1.92. The minimum atomic E-state index is -2.97. The summed E-state index contributed by atoms with van der Waals surface area (Å²) in [5.74, 6) is 0.0267. The van der Waals surface area contributed by atoms with Gasteiger partial charge in [0.2, 0.25) is 0 Å². The summed E-state index contributed by atoms with van der Waals surface area (Å²) in [4.78, 5) is 12.2. The molecule has 2 aromatic rings. The zero-order valence-electron chi connectivity index (χ0n) is 12.3. The monoisotopic (exact) mass is 311 g/mol. The number of nitrogens with zero attached hydrogens (tertiary/aromatic N) is 2. The van der Waals surface area contributed by atoms with E-state index in [0.717, 1.165) is 5.69 Å². The molecule has 2 rings (SSSR count). The van der Waals surface area contributed by atoms with Crippen LogP contribution >= 0.6 is 0 Å². The Labute approximate surface area is 125 Å². The van der Waals surface area contributed by atoms with Gasteiger partial charge in [0.1, 0.15) is 5.82 Å². The molecule has 1 N–H and O–H groups in total. The van der Waals surface area contributed by atoms with Gasteiger partial charge in [0.25, 0.3) is 5.91 Å². The molecule has 1 heterocycles. The number of anilines is 1.